The monoisotopic (exact) mass is 341 g/mol. The fraction of sp³-hybridized carbons (Fsp3) is 0.500. The fourth-order valence-corrected chi connectivity index (χ4v) is 2.99. The third-order valence-corrected chi connectivity index (χ3v) is 5.65. The fourth-order valence-electron chi connectivity index (χ4n) is 1.93. The molecule has 1 aromatic carbocycles. The molecule has 7 heteroatoms. The number of aliphatic carboxylic acids is 1. The van der Waals surface area contributed by atoms with Gasteiger partial charge in [-0.1, -0.05) is 0 Å². The molecular formula is C16H23NO5S. The lowest BCUT2D eigenvalue weighted by molar-refractivity contribution is -0.137. The zero-order chi connectivity index (χ0) is 17.8. The molecule has 2 N–H and O–H groups in total. The first-order valence-electron chi connectivity index (χ1n) is 7.34. The Kier molecular flexibility index (Phi) is 5.93. The van der Waals surface area contributed by atoms with E-state index in [0.717, 1.165) is 0 Å². The van der Waals surface area contributed by atoms with Crippen molar-refractivity contribution in [3.05, 3.63) is 29.8 Å². The van der Waals surface area contributed by atoms with Gasteiger partial charge in [0.25, 0.3) is 5.91 Å². The summed E-state index contributed by atoms with van der Waals surface area (Å²) in [6, 6.07) is 5.73. The van der Waals surface area contributed by atoms with E-state index in [-0.39, 0.29) is 17.2 Å². The SMILES string of the molecule is CC(C)S(=O)(=O)c1ccc(C(=O)NC(C)(C)CCC(=O)O)cc1. The number of carbonyl (C=O) groups is 2. The van der Waals surface area contributed by atoms with E-state index >= 15 is 0 Å². The quantitative estimate of drug-likeness (QED) is 0.792. The second kappa shape index (κ2) is 7.12. The summed E-state index contributed by atoms with van der Waals surface area (Å²) < 4.78 is 24.1. The van der Waals surface area contributed by atoms with Gasteiger partial charge < -0.3 is 10.4 Å². The summed E-state index contributed by atoms with van der Waals surface area (Å²) in [5.41, 5.74) is -0.339. The molecule has 0 fully saturated rings. The van der Waals surface area contributed by atoms with Gasteiger partial charge in [0.15, 0.2) is 9.84 Å². The molecule has 0 saturated carbocycles. The van der Waals surface area contributed by atoms with Gasteiger partial charge in [0.2, 0.25) is 0 Å². The van der Waals surface area contributed by atoms with E-state index < -0.39 is 26.6 Å². The number of hydrogen-bond donors (Lipinski definition) is 2. The van der Waals surface area contributed by atoms with Gasteiger partial charge in [0.05, 0.1) is 10.1 Å². The number of nitrogens with one attached hydrogen (secondary N) is 1. The van der Waals surface area contributed by atoms with Crippen molar-refractivity contribution in [2.24, 2.45) is 0 Å². The molecule has 0 heterocycles. The van der Waals surface area contributed by atoms with Crippen molar-refractivity contribution in [3.63, 3.8) is 0 Å². The largest absolute Gasteiger partial charge is 0.481 e. The lowest BCUT2D eigenvalue weighted by Gasteiger charge is -2.25. The smallest absolute Gasteiger partial charge is 0.303 e. The van der Waals surface area contributed by atoms with Crippen LogP contribution in [0.3, 0.4) is 0 Å². The van der Waals surface area contributed by atoms with Crippen LogP contribution in [0, 0.1) is 0 Å². The van der Waals surface area contributed by atoms with Crippen molar-refractivity contribution >= 4 is 21.7 Å². The van der Waals surface area contributed by atoms with Gasteiger partial charge in [-0.2, -0.15) is 0 Å². The van der Waals surface area contributed by atoms with Gasteiger partial charge in [-0.25, -0.2) is 8.42 Å². The van der Waals surface area contributed by atoms with E-state index in [2.05, 4.69) is 5.32 Å². The standard InChI is InChI=1S/C16H23NO5S/c1-11(2)23(21,22)13-7-5-12(6-8-13)15(20)17-16(3,4)10-9-14(18)19/h5-8,11H,9-10H2,1-4H3,(H,17,20)(H,18,19). The summed E-state index contributed by atoms with van der Waals surface area (Å²) in [5, 5.41) is 10.9. The maximum absolute atomic E-state index is 12.2. The molecule has 0 radical (unpaired) electrons. The summed E-state index contributed by atoms with van der Waals surface area (Å²) in [6.07, 6.45) is 0.257. The minimum Gasteiger partial charge on any atom is -0.481 e. The lowest BCUT2D eigenvalue weighted by Crippen LogP contribution is -2.43. The molecule has 1 aromatic rings. The zero-order valence-corrected chi connectivity index (χ0v) is 14.6. The van der Waals surface area contributed by atoms with Crippen LogP contribution in [-0.2, 0) is 14.6 Å². The Labute approximate surface area is 136 Å². The molecule has 0 aliphatic heterocycles. The Morgan fingerprint density at radius 2 is 1.70 bits per heavy atom. The van der Waals surface area contributed by atoms with Gasteiger partial charge in [0, 0.05) is 17.5 Å². The van der Waals surface area contributed by atoms with E-state index in [1.807, 2.05) is 0 Å². The molecule has 0 unspecified atom stereocenters. The van der Waals surface area contributed by atoms with Crippen LogP contribution in [0.25, 0.3) is 0 Å². The van der Waals surface area contributed by atoms with Crippen molar-refractivity contribution in [1.29, 1.82) is 0 Å². The van der Waals surface area contributed by atoms with E-state index in [0.29, 0.717) is 12.0 Å². The van der Waals surface area contributed by atoms with Crippen molar-refractivity contribution in [3.8, 4) is 0 Å². The summed E-state index contributed by atoms with van der Waals surface area (Å²) >= 11 is 0. The molecule has 0 spiro atoms. The van der Waals surface area contributed by atoms with Crippen LogP contribution in [0.4, 0.5) is 0 Å². The number of carboxylic acid groups (broad SMARTS) is 1. The summed E-state index contributed by atoms with van der Waals surface area (Å²) in [4.78, 5) is 23.0. The predicted octanol–water partition coefficient (Wildman–Crippen LogP) is 2.24. The highest BCUT2D eigenvalue weighted by Crippen LogP contribution is 2.17. The van der Waals surface area contributed by atoms with Crippen LogP contribution >= 0.6 is 0 Å². The van der Waals surface area contributed by atoms with E-state index in [4.69, 9.17) is 5.11 Å². The molecule has 0 bridgehead atoms. The number of benzene rings is 1. The predicted molar refractivity (Wildman–Crippen MR) is 87.2 cm³/mol. The number of amides is 1. The molecule has 0 aromatic heterocycles. The highest BCUT2D eigenvalue weighted by Gasteiger charge is 2.23. The van der Waals surface area contributed by atoms with Crippen molar-refractivity contribution in [1.82, 2.24) is 5.32 Å². The molecule has 6 nitrogen and oxygen atoms in total. The average molecular weight is 341 g/mol. The van der Waals surface area contributed by atoms with E-state index in [9.17, 15) is 18.0 Å². The molecule has 0 aliphatic rings. The Hall–Kier alpha value is -1.89. The second-order valence-corrected chi connectivity index (χ2v) is 8.85. The topological polar surface area (TPSA) is 101 Å². The summed E-state index contributed by atoms with van der Waals surface area (Å²) in [6.45, 7) is 6.68. The maximum Gasteiger partial charge on any atom is 0.303 e. The Morgan fingerprint density at radius 1 is 1.17 bits per heavy atom. The minimum absolute atomic E-state index is 0.0428. The van der Waals surface area contributed by atoms with Crippen molar-refractivity contribution < 1.29 is 23.1 Å². The van der Waals surface area contributed by atoms with Gasteiger partial charge >= 0.3 is 5.97 Å². The number of carboxylic acids is 1. The number of carbonyl (C=O) groups excluding carboxylic acids is 1. The maximum atomic E-state index is 12.2. The lowest BCUT2D eigenvalue weighted by atomic mass is 9.98. The molecule has 1 rings (SSSR count). The van der Waals surface area contributed by atoms with Gasteiger partial charge in [-0.05, 0) is 58.4 Å². The van der Waals surface area contributed by atoms with Crippen LogP contribution in [0.5, 0.6) is 0 Å². The van der Waals surface area contributed by atoms with Gasteiger partial charge in [-0.3, -0.25) is 9.59 Å². The molecule has 23 heavy (non-hydrogen) atoms. The molecule has 0 aliphatic carbocycles. The number of hydrogen-bond acceptors (Lipinski definition) is 4. The Balaban J connectivity index is 2.84. The Morgan fingerprint density at radius 3 is 2.13 bits per heavy atom. The highest BCUT2D eigenvalue weighted by molar-refractivity contribution is 7.92. The van der Waals surface area contributed by atoms with Crippen LogP contribution in [0.1, 0.15) is 50.9 Å². The van der Waals surface area contributed by atoms with Crippen LogP contribution in [-0.4, -0.2) is 36.2 Å². The molecule has 1 amide bonds. The first-order valence-corrected chi connectivity index (χ1v) is 8.88. The Bertz CT molecular complexity index is 675. The highest BCUT2D eigenvalue weighted by atomic mass is 32.2. The minimum atomic E-state index is -3.37. The summed E-state index contributed by atoms with van der Waals surface area (Å²) in [7, 11) is -3.37. The molecular weight excluding hydrogens is 318 g/mol. The number of rotatable bonds is 7. The van der Waals surface area contributed by atoms with E-state index in [1.54, 1.807) is 27.7 Å². The first kappa shape index (κ1) is 19.2. The summed E-state index contributed by atoms with van der Waals surface area (Å²) in [5.74, 6) is -1.29. The van der Waals surface area contributed by atoms with Gasteiger partial charge in [0.1, 0.15) is 0 Å². The normalized spacial score (nSPS) is 12.2. The van der Waals surface area contributed by atoms with Crippen LogP contribution in [0.15, 0.2) is 29.2 Å². The number of sulfone groups is 1. The average Bonchev–Trinajstić information content (AvgIpc) is 2.44. The zero-order valence-electron chi connectivity index (χ0n) is 13.8. The van der Waals surface area contributed by atoms with E-state index in [1.165, 1.54) is 24.3 Å². The van der Waals surface area contributed by atoms with Crippen LogP contribution in [0.2, 0.25) is 0 Å². The van der Waals surface area contributed by atoms with Crippen molar-refractivity contribution in [2.75, 3.05) is 0 Å². The molecule has 0 atom stereocenters. The van der Waals surface area contributed by atoms with Gasteiger partial charge in [-0.15, -0.1) is 0 Å². The third-order valence-electron chi connectivity index (χ3n) is 3.48. The van der Waals surface area contributed by atoms with Crippen molar-refractivity contribution in [2.45, 2.75) is 56.2 Å². The molecule has 0 saturated heterocycles. The molecule has 128 valence electrons. The third kappa shape index (κ3) is 5.35. The van der Waals surface area contributed by atoms with Crippen LogP contribution < -0.4 is 5.32 Å². The second-order valence-electron chi connectivity index (χ2n) is 6.35. The first-order chi connectivity index (χ1) is 10.5.